The van der Waals surface area contributed by atoms with Gasteiger partial charge in [-0.25, -0.2) is 18.1 Å². The normalized spacial score (nSPS) is 11.9. The molecule has 5 nitrogen and oxygen atoms in total. The Morgan fingerprint density at radius 3 is 2.59 bits per heavy atom. The molecule has 17 heavy (non-hydrogen) atoms. The molecule has 0 spiro atoms. The molecular formula is C11H19N3O2S. The Labute approximate surface area is 102 Å². The first-order chi connectivity index (χ1) is 8.01. The highest BCUT2D eigenvalue weighted by Gasteiger charge is 2.18. The molecule has 0 atom stereocenters. The van der Waals surface area contributed by atoms with Gasteiger partial charge in [0, 0.05) is 12.7 Å². The molecule has 0 aromatic carbocycles. The second kappa shape index (κ2) is 5.97. The molecule has 0 radical (unpaired) electrons. The number of nitrogens with two attached hydrogens (primary N) is 1. The number of nitrogen functional groups attached to an aromatic ring is 1. The number of nitrogens with zero attached hydrogens (tertiary/aromatic N) is 1. The third-order valence-electron chi connectivity index (χ3n) is 2.81. The molecule has 1 aromatic rings. The van der Waals surface area contributed by atoms with E-state index in [1.165, 1.54) is 12.3 Å². The van der Waals surface area contributed by atoms with E-state index in [0.717, 1.165) is 12.8 Å². The molecule has 0 aliphatic carbocycles. The molecule has 1 rings (SSSR count). The summed E-state index contributed by atoms with van der Waals surface area (Å²) in [5, 5.41) is 0. The molecule has 0 aliphatic heterocycles. The fourth-order valence-electron chi connectivity index (χ4n) is 1.51. The molecular weight excluding hydrogens is 238 g/mol. The zero-order valence-electron chi connectivity index (χ0n) is 10.2. The van der Waals surface area contributed by atoms with E-state index in [2.05, 4.69) is 9.71 Å². The van der Waals surface area contributed by atoms with Crippen LogP contribution < -0.4 is 10.5 Å². The molecule has 1 heterocycles. The average molecular weight is 257 g/mol. The molecule has 96 valence electrons. The molecule has 0 fully saturated rings. The number of hydrogen-bond donors (Lipinski definition) is 2. The summed E-state index contributed by atoms with van der Waals surface area (Å²) >= 11 is 0. The number of sulfonamides is 1. The second-order valence-corrected chi connectivity index (χ2v) is 5.66. The van der Waals surface area contributed by atoms with Crippen LogP contribution in [0.4, 0.5) is 5.82 Å². The summed E-state index contributed by atoms with van der Waals surface area (Å²) in [7, 11) is -3.54. The van der Waals surface area contributed by atoms with Crippen LogP contribution >= 0.6 is 0 Å². The van der Waals surface area contributed by atoms with Gasteiger partial charge >= 0.3 is 0 Å². The third kappa shape index (κ3) is 3.67. The summed E-state index contributed by atoms with van der Waals surface area (Å²) in [4.78, 5) is 3.82. The summed E-state index contributed by atoms with van der Waals surface area (Å²) in [5.41, 5.74) is 5.55. The standard InChI is InChI=1S/C11H19N3O2S/c1-3-9(4-2)8-14-17(15,16)10-6-5-7-13-11(10)12/h5-7,9,14H,3-4,8H2,1-2H3,(H2,12,13). The van der Waals surface area contributed by atoms with Crippen molar-refractivity contribution in [2.45, 2.75) is 31.6 Å². The van der Waals surface area contributed by atoms with Gasteiger partial charge in [-0.15, -0.1) is 0 Å². The van der Waals surface area contributed by atoms with Crippen LogP contribution in [0.15, 0.2) is 23.2 Å². The highest BCUT2D eigenvalue weighted by atomic mass is 32.2. The predicted molar refractivity (Wildman–Crippen MR) is 67.9 cm³/mol. The van der Waals surface area contributed by atoms with E-state index < -0.39 is 10.0 Å². The Morgan fingerprint density at radius 2 is 2.06 bits per heavy atom. The molecule has 1 aromatic heterocycles. The third-order valence-corrected chi connectivity index (χ3v) is 4.28. The van der Waals surface area contributed by atoms with Crippen LogP contribution in [0, 0.1) is 5.92 Å². The molecule has 0 unspecified atom stereocenters. The Hall–Kier alpha value is -1.14. The smallest absolute Gasteiger partial charge is 0.244 e. The molecule has 0 saturated carbocycles. The van der Waals surface area contributed by atoms with Gasteiger partial charge in [0.2, 0.25) is 10.0 Å². The van der Waals surface area contributed by atoms with Crippen molar-refractivity contribution in [2.24, 2.45) is 5.92 Å². The molecule has 3 N–H and O–H groups in total. The fraction of sp³-hybridized carbons (Fsp3) is 0.545. The summed E-state index contributed by atoms with van der Waals surface area (Å²) in [6, 6.07) is 3.01. The van der Waals surface area contributed by atoms with Gasteiger partial charge in [0.25, 0.3) is 0 Å². The van der Waals surface area contributed by atoms with Crippen LogP contribution in [0.1, 0.15) is 26.7 Å². The number of anilines is 1. The van der Waals surface area contributed by atoms with Gasteiger partial charge < -0.3 is 5.73 Å². The minimum atomic E-state index is -3.54. The van der Waals surface area contributed by atoms with Crippen LogP contribution in [0.2, 0.25) is 0 Å². The van der Waals surface area contributed by atoms with Gasteiger partial charge in [-0.2, -0.15) is 0 Å². The van der Waals surface area contributed by atoms with Crippen LogP contribution in [0.5, 0.6) is 0 Å². The van der Waals surface area contributed by atoms with E-state index in [1.807, 2.05) is 13.8 Å². The van der Waals surface area contributed by atoms with Gasteiger partial charge in [-0.05, 0) is 18.1 Å². The van der Waals surface area contributed by atoms with Crippen molar-refractivity contribution in [2.75, 3.05) is 12.3 Å². The van der Waals surface area contributed by atoms with E-state index in [-0.39, 0.29) is 10.7 Å². The fourth-order valence-corrected chi connectivity index (χ4v) is 2.71. The number of aromatic nitrogens is 1. The summed E-state index contributed by atoms with van der Waals surface area (Å²) < 4.78 is 26.5. The van der Waals surface area contributed by atoms with Gasteiger partial charge in [0.15, 0.2) is 0 Å². The first kappa shape index (κ1) is 13.9. The first-order valence-electron chi connectivity index (χ1n) is 5.71. The van der Waals surface area contributed by atoms with Crippen molar-refractivity contribution in [3.8, 4) is 0 Å². The van der Waals surface area contributed by atoms with Crippen molar-refractivity contribution >= 4 is 15.8 Å². The van der Waals surface area contributed by atoms with Crippen LogP contribution in [0.25, 0.3) is 0 Å². The van der Waals surface area contributed by atoms with Crippen molar-refractivity contribution in [3.05, 3.63) is 18.3 Å². The Morgan fingerprint density at radius 1 is 1.41 bits per heavy atom. The Bertz CT molecular complexity index is 456. The molecule has 6 heteroatoms. The SMILES string of the molecule is CCC(CC)CNS(=O)(=O)c1cccnc1N. The number of pyridine rings is 1. The van der Waals surface area contributed by atoms with E-state index in [9.17, 15) is 8.42 Å². The highest BCUT2D eigenvalue weighted by Crippen LogP contribution is 2.15. The highest BCUT2D eigenvalue weighted by molar-refractivity contribution is 7.89. The van der Waals surface area contributed by atoms with E-state index in [4.69, 9.17) is 5.73 Å². The van der Waals surface area contributed by atoms with Gasteiger partial charge in [-0.1, -0.05) is 26.7 Å². The lowest BCUT2D eigenvalue weighted by atomic mass is 10.0. The minimum Gasteiger partial charge on any atom is -0.383 e. The topological polar surface area (TPSA) is 85.1 Å². The maximum Gasteiger partial charge on any atom is 0.244 e. The van der Waals surface area contributed by atoms with Crippen molar-refractivity contribution in [3.63, 3.8) is 0 Å². The molecule has 0 aliphatic rings. The Balaban J connectivity index is 2.80. The predicted octanol–water partition coefficient (Wildman–Crippen LogP) is 1.38. The summed E-state index contributed by atoms with van der Waals surface area (Å²) in [5.74, 6) is 0.382. The monoisotopic (exact) mass is 257 g/mol. The molecule has 0 bridgehead atoms. The van der Waals surface area contributed by atoms with Gasteiger partial charge in [0.1, 0.15) is 10.7 Å². The molecule has 0 amide bonds. The maximum absolute atomic E-state index is 12.0. The number of rotatable bonds is 6. The first-order valence-corrected chi connectivity index (χ1v) is 7.19. The quantitative estimate of drug-likeness (QED) is 0.806. The lowest BCUT2D eigenvalue weighted by molar-refractivity contribution is 0.479. The Kier molecular flexibility index (Phi) is 4.89. The van der Waals surface area contributed by atoms with Crippen LogP contribution in [-0.2, 0) is 10.0 Å². The maximum atomic E-state index is 12.0. The summed E-state index contributed by atoms with van der Waals surface area (Å²) in [6.45, 7) is 4.52. The average Bonchev–Trinajstić information content (AvgIpc) is 2.30. The van der Waals surface area contributed by atoms with Crippen molar-refractivity contribution in [1.82, 2.24) is 9.71 Å². The zero-order chi connectivity index (χ0) is 12.9. The minimum absolute atomic E-state index is 0.0320. The number of nitrogens with one attached hydrogen (secondary N) is 1. The second-order valence-electron chi connectivity index (χ2n) is 3.92. The lowest BCUT2D eigenvalue weighted by Crippen LogP contribution is -2.29. The van der Waals surface area contributed by atoms with E-state index in [1.54, 1.807) is 6.07 Å². The van der Waals surface area contributed by atoms with E-state index in [0.29, 0.717) is 12.5 Å². The van der Waals surface area contributed by atoms with Crippen LogP contribution in [-0.4, -0.2) is 19.9 Å². The van der Waals surface area contributed by atoms with Gasteiger partial charge in [-0.3, -0.25) is 0 Å². The van der Waals surface area contributed by atoms with Crippen molar-refractivity contribution in [1.29, 1.82) is 0 Å². The zero-order valence-corrected chi connectivity index (χ0v) is 11.0. The largest absolute Gasteiger partial charge is 0.383 e. The van der Waals surface area contributed by atoms with E-state index >= 15 is 0 Å². The lowest BCUT2D eigenvalue weighted by Gasteiger charge is -2.14. The summed E-state index contributed by atoms with van der Waals surface area (Å²) in [6.07, 6.45) is 3.36. The molecule has 0 saturated heterocycles. The van der Waals surface area contributed by atoms with Gasteiger partial charge in [0.05, 0.1) is 0 Å². The van der Waals surface area contributed by atoms with Crippen LogP contribution in [0.3, 0.4) is 0 Å². The number of hydrogen-bond acceptors (Lipinski definition) is 4. The van der Waals surface area contributed by atoms with Crippen molar-refractivity contribution < 1.29 is 8.42 Å².